The van der Waals surface area contributed by atoms with Crippen molar-refractivity contribution >= 4 is 0 Å². The van der Waals surface area contributed by atoms with E-state index in [1.807, 2.05) is 6.07 Å². The van der Waals surface area contributed by atoms with Crippen LogP contribution in [0, 0.1) is 0 Å². The highest BCUT2D eigenvalue weighted by molar-refractivity contribution is 5.14. The summed E-state index contributed by atoms with van der Waals surface area (Å²) in [5.74, 6) is 0. The number of methoxy groups -OCH3 is 1. The molecule has 0 aliphatic carbocycles. The zero-order valence-electron chi connectivity index (χ0n) is 11.8. The molecule has 19 heavy (non-hydrogen) atoms. The lowest BCUT2D eigenvalue weighted by Crippen LogP contribution is -2.47. The van der Waals surface area contributed by atoms with E-state index >= 15 is 0 Å². The van der Waals surface area contributed by atoms with E-state index in [1.165, 1.54) is 5.56 Å². The van der Waals surface area contributed by atoms with E-state index in [0.29, 0.717) is 0 Å². The number of hydrogen-bond donors (Lipinski definition) is 1. The van der Waals surface area contributed by atoms with E-state index in [0.717, 1.165) is 51.9 Å². The topological polar surface area (TPSA) is 32.7 Å². The minimum atomic E-state index is -0.522. The number of ether oxygens (including phenoxy) is 1. The van der Waals surface area contributed by atoms with Crippen LogP contribution in [0.5, 0.6) is 0 Å². The monoisotopic (exact) mass is 263 g/mol. The van der Waals surface area contributed by atoms with Gasteiger partial charge in [-0.25, -0.2) is 0 Å². The van der Waals surface area contributed by atoms with Gasteiger partial charge in [-0.1, -0.05) is 30.3 Å². The number of aliphatic hydroxyl groups is 1. The van der Waals surface area contributed by atoms with Gasteiger partial charge in [-0.2, -0.15) is 0 Å². The van der Waals surface area contributed by atoms with Crippen molar-refractivity contribution < 1.29 is 9.84 Å². The molecular weight excluding hydrogens is 238 g/mol. The second-order valence-corrected chi connectivity index (χ2v) is 5.62. The first-order chi connectivity index (χ1) is 9.22. The number of piperidine rings is 1. The molecule has 1 atom stereocenters. The van der Waals surface area contributed by atoms with Crippen LogP contribution >= 0.6 is 0 Å². The van der Waals surface area contributed by atoms with Crippen LogP contribution in [0.3, 0.4) is 0 Å². The molecule has 0 aromatic heterocycles. The van der Waals surface area contributed by atoms with Gasteiger partial charge in [0.1, 0.15) is 0 Å². The van der Waals surface area contributed by atoms with Crippen molar-refractivity contribution in [1.82, 2.24) is 4.90 Å². The van der Waals surface area contributed by atoms with Crippen LogP contribution in [0.1, 0.15) is 31.2 Å². The van der Waals surface area contributed by atoms with Gasteiger partial charge < -0.3 is 9.84 Å². The van der Waals surface area contributed by atoms with Crippen molar-refractivity contribution in [2.45, 2.75) is 37.8 Å². The number of hydrogen-bond acceptors (Lipinski definition) is 3. The Bertz CT molecular complexity index is 368. The largest absolute Gasteiger partial charge is 0.389 e. The first-order valence-electron chi connectivity index (χ1n) is 7.19. The Morgan fingerprint density at radius 1 is 1.32 bits per heavy atom. The van der Waals surface area contributed by atoms with E-state index in [2.05, 4.69) is 29.2 Å². The molecule has 2 rings (SSSR count). The molecule has 3 heteroatoms. The molecule has 1 saturated heterocycles. The Morgan fingerprint density at radius 3 is 2.84 bits per heavy atom. The third kappa shape index (κ3) is 4.60. The maximum Gasteiger partial charge on any atom is 0.0775 e. The van der Waals surface area contributed by atoms with Crippen LogP contribution in [0.2, 0.25) is 0 Å². The average Bonchev–Trinajstić information content (AvgIpc) is 2.40. The standard InChI is InChI=1S/C16H25NO2/c1-19-12-6-10-16(18)9-5-11-17(14-16)13-15-7-3-2-4-8-15/h2-4,7-8,18H,5-6,9-14H2,1H3. The van der Waals surface area contributed by atoms with Crippen molar-refractivity contribution in [3.63, 3.8) is 0 Å². The molecule has 0 radical (unpaired) electrons. The summed E-state index contributed by atoms with van der Waals surface area (Å²) in [7, 11) is 1.71. The van der Waals surface area contributed by atoms with Crippen LogP contribution in [0.15, 0.2) is 30.3 Å². The molecule has 0 bridgehead atoms. The van der Waals surface area contributed by atoms with E-state index < -0.39 is 5.60 Å². The Balaban J connectivity index is 1.86. The van der Waals surface area contributed by atoms with Gasteiger partial charge in [0.05, 0.1) is 5.60 Å². The molecule has 1 aliphatic rings. The lowest BCUT2D eigenvalue weighted by Gasteiger charge is -2.39. The summed E-state index contributed by atoms with van der Waals surface area (Å²) in [6, 6.07) is 10.5. The van der Waals surface area contributed by atoms with Crippen molar-refractivity contribution in [3.05, 3.63) is 35.9 Å². The zero-order valence-corrected chi connectivity index (χ0v) is 11.8. The van der Waals surface area contributed by atoms with Crippen LogP contribution in [0.4, 0.5) is 0 Å². The van der Waals surface area contributed by atoms with E-state index in [4.69, 9.17) is 4.74 Å². The minimum Gasteiger partial charge on any atom is -0.389 e. The Kier molecular flexibility index (Phi) is 5.37. The predicted molar refractivity (Wildman–Crippen MR) is 77.0 cm³/mol. The zero-order chi connectivity index (χ0) is 13.6. The Morgan fingerprint density at radius 2 is 2.11 bits per heavy atom. The number of β-amino-alcohol motifs (C(OH)–C–C–N with tert-alkyl or cyclic N) is 1. The van der Waals surface area contributed by atoms with Crippen LogP contribution < -0.4 is 0 Å². The molecule has 0 spiro atoms. The van der Waals surface area contributed by atoms with Gasteiger partial charge in [0.2, 0.25) is 0 Å². The summed E-state index contributed by atoms with van der Waals surface area (Å²) in [5.41, 5.74) is 0.801. The smallest absolute Gasteiger partial charge is 0.0775 e. The number of rotatable bonds is 6. The maximum absolute atomic E-state index is 10.6. The number of benzene rings is 1. The quantitative estimate of drug-likeness (QED) is 0.800. The van der Waals surface area contributed by atoms with Gasteiger partial charge >= 0.3 is 0 Å². The van der Waals surface area contributed by atoms with Gasteiger partial charge in [-0.15, -0.1) is 0 Å². The number of nitrogens with zero attached hydrogens (tertiary/aromatic N) is 1. The van der Waals surface area contributed by atoms with E-state index in [1.54, 1.807) is 7.11 Å². The van der Waals surface area contributed by atoms with E-state index in [-0.39, 0.29) is 0 Å². The van der Waals surface area contributed by atoms with Gasteiger partial charge in [0, 0.05) is 26.8 Å². The molecular formula is C16H25NO2. The molecule has 1 aromatic rings. The molecule has 3 nitrogen and oxygen atoms in total. The molecule has 1 heterocycles. The van der Waals surface area contributed by atoms with Crippen LogP contribution in [-0.2, 0) is 11.3 Å². The first kappa shape index (κ1) is 14.5. The maximum atomic E-state index is 10.6. The normalized spacial score (nSPS) is 24.5. The molecule has 106 valence electrons. The lowest BCUT2D eigenvalue weighted by atomic mass is 9.88. The van der Waals surface area contributed by atoms with Crippen molar-refractivity contribution in [3.8, 4) is 0 Å². The van der Waals surface area contributed by atoms with E-state index in [9.17, 15) is 5.11 Å². The first-order valence-corrected chi connectivity index (χ1v) is 7.19. The molecule has 0 saturated carbocycles. The van der Waals surface area contributed by atoms with Crippen molar-refractivity contribution in [2.24, 2.45) is 0 Å². The third-order valence-electron chi connectivity index (χ3n) is 3.87. The van der Waals surface area contributed by atoms with Gasteiger partial charge in [-0.05, 0) is 37.8 Å². The lowest BCUT2D eigenvalue weighted by molar-refractivity contribution is -0.0436. The van der Waals surface area contributed by atoms with Crippen LogP contribution in [-0.4, -0.2) is 42.4 Å². The van der Waals surface area contributed by atoms with Gasteiger partial charge in [-0.3, -0.25) is 4.90 Å². The van der Waals surface area contributed by atoms with Gasteiger partial charge in [0.15, 0.2) is 0 Å². The SMILES string of the molecule is COCCCC1(O)CCCN(Cc2ccccc2)C1. The highest BCUT2D eigenvalue weighted by Crippen LogP contribution is 2.26. The van der Waals surface area contributed by atoms with Gasteiger partial charge in [0.25, 0.3) is 0 Å². The second kappa shape index (κ2) is 7.04. The molecule has 1 aromatic carbocycles. The fourth-order valence-corrected chi connectivity index (χ4v) is 2.93. The summed E-state index contributed by atoms with van der Waals surface area (Å²) in [6.45, 7) is 3.54. The molecule has 0 amide bonds. The Labute approximate surface area is 116 Å². The van der Waals surface area contributed by atoms with Crippen molar-refractivity contribution in [2.75, 3.05) is 26.8 Å². The molecule has 1 fully saturated rings. The Hall–Kier alpha value is -0.900. The summed E-state index contributed by atoms with van der Waals surface area (Å²) in [5, 5.41) is 10.6. The highest BCUT2D eigenvalue weighted by atomic mass is 16.5. The fourth-order valence-electron chi connectivity index (χ4n) is 2.93. The second-order valence-electron chi connectivity index (χ2n) is 5.62. The minimum absolute atomic E-state index is 0.522. The molecule has 1 aliphatic heterocycles. The summed E-state index contributed by atoms with van der Waals surface area (Å²) in [6.07, 6.45) is 3.77. The average molecular weight is 263 g/mol. The van der Waals surface area contributed by atoms with Crippen molar-refractivity contribution in [1.29, 1.82) is 0 Å². The fraction of sp³-hybridized carbons (Fsp3) is 0.625. The summed E-state index contributed by atoms with van der Waals surface area (Å²) in [4.78, 5) is 2.37. The van der Waals surface area contributed by atoms with Crippen LogP contribution in [0.25, 0.3) is 0 Å². The third-order valence-corrected chi connectivity index (χ3v) is 3.87. The summed E-state index contributed by atoms with van der Waals surface area (Å²) < 4.78 is 5.08. The predicted octanol–water partition coefficient (Wildman–Crippen LogP) is 2.44. The molecule has 1 unspecified atom stereocenters. The summed E-state index contributed by atoms with van der Waals surface area (Å²) >= 11 is 0. The number of likely N-dealkylation sites (tertiary alicyclic amines) is 1. The molecule has 1 N–H and O–H groups in total. The highest BCUT2D eigenvalue weighted by Gasteiger charge is 2.32.